The number of hydrazone groups is 1. The number of anilines is 1. The molecule has 1 fully saturated rings. The lowest BCUT2D eigenvalue weighted by atomic mass is 10.2. The molecule has 14 heteroatoms. The van der Waals surface area contributed by atoms with Crippen LogP contribution in [-0.2, 0) is 11.3 Å². The second-order valence-corrected chi connectivity index (χ2v) is 7.20. The van der Waals surface area contributed by atoms with Crippen molar-refractivity contribution in [2.75, 3.05) is 45.8 Å². The normalized spacial score (nSPS) is 14.4. The molecule has 0 atom stereocenters. The summed E-state index contributed by atoms with van der Waals surface area (Å²) in [6.07, 6.45) is 1.49. The zero-order valence-electron chi connectivity index (χ0n) is 18.8. The Hall–Kier alpha value is -4.04. The molecule has 1 amide bonds. The molecule has 1 aliphatic rings. The van der Waals surface area contributed by atoms with Gasteiger partial charge >= 0.3 is 0 Å². The molecule has 3 heterocycles. The van der Waals surface area contributed by atoms with Crippen molar-refractivity contribution in [1.82, 2.24) is 35.6 Å². The Morgan fingerprint density at radius 2 is 2.12 bits per heavy atom. The largest absolute Gasteiger partial charge is 0.493 e. The van der Waals surface area contributed by atoms with Crippen LogP contribution in [0.3, 0.4) is 0 Å². The molecule has 3 aromatic rings. The first-order chi connectivity index (χ1) is 16.6. The van der Waals surface area contributed by atoms with Crippen molar-refractivity contribution in [3.05, 3.63) is 35.2 Å². The van der Waals surface area contributed by atoms with Crippen molar-refractivity contribution in [2.24, 2.45) is 5.10 Å². The first-order valence-electron chi connectivity index (χ1n) is 10.6. The zero-order valence-corrected chi connectivity index (χ0v) is 18.8. The second kappa shape index (κ2) is 10.7. The molecule has 4 rings (SSSR count). The number of rotatable bonds is 9. The van der Waals surface area contributed by atoms with E-state index in [2.05, 4.69) is 40.7 Å². The molecular weight excluding hydrogens is 446 g/mol. The number of amides is 1. The molecule has 0 saturated carbocycles. The molecule has 1 aliphatic heterocycles. The summed E-state index contributed by atoms with van der Waals surface area (Å²) < 4.78 is 22.3. The number of aromatic nitrogens is 5. The van der Waals surface area contributed by atoms with E-state index in [-0.39, 0.29) is 17.3 Å². The Balaban J connectivity index is 1.54. The van der Waals surface area contributed by atoms with E-state index in [1.165, 1.54) is 10.9 Å². The first-order valence-corrected chi connectivity index (χ1v) is 10.6. The first kappa shape index (κ1) is 23.1. The molecule has 0 radical (unpaired) electrons. The average Bonchev–Trinajstić information content (AvgIpc) is 3.45. The van der Waals surface area contributed by atoms with E-state index in [0.29, 0.717) is 62.2 Å². The van der Waals surface area contributed by atoms with Gasteiger partial charge in [0.1, 0.15) is 0 Å². The fourth-order valence-electron chi connectivity index (χ4n) is 3.36. The molecule has 34 heavy (non-hydrogen) atoms. The zero-order chi connectivity index (χ0) is 23.9. The number of carbonyl (C=O) groups is 1. The number of nitrogen functional groups attached to an aromatic ring is 1. The van der Waals surface area contributed by atoms with Crippen LogP contribution >= 0.6 is 0 Å². The highest BCUT2D eigenvalue weighted by molar-refractivity contribution is 5.94. The fourth-order valence-corrected chi connectivity index (χ4v) is 3.36. The van der Waals surface area contributed by atoms with Crippen LogP contribution in [0.25, 0.3) is 5.82 Å². The van der Waals surface area contributed by atoms with Gasteiger partial charge < -0.3 is 19.9 Å². The van der Waals surface area contributed by atoms with Crippen LogP contribution in [0, 0.1) is 0 Å². The van der Waals surface area contributed by atoms with Gasteiger partial charge in [0.2, 0.25) is 11.6 Å². The van der Waals surface area contributed by atoms with Crippen LogP contribution in [0.1, 0.15) is 28.7 Å². The summed E-state index contributed by atoms with van der Waals surface area (Å²) in [5.74, 6) is 0.825. The van der Waals surface area contributed by atoms with Gasteiger partial charge in [0.15, 0.2) is 17.2 Å². The number of hydrogen-bond donors (Lipinski definition) is 2. The Morgan fingerprint density at radius 3 is 2.82 bits per heavy atom. The molecule has 3 N–H and O–H groups in total. The number of nitrogens with zero attached hydrogens (tertiary/aromatic N) is 7. The average molecular weight is 471 g/mol. The monoisotopic (exact) mass is 471 g/mol. The minimum absolute atomic E-state index is 0.0303. The van der Waals surface area contributed by atoms with E-state index in [1.54, 1.807) is 25.3 Å². The highest BCUT2D eigenvalue weighted by atomic mass is 16.6. The molecule has 14 nitrogen and oxygen atoms in total. The summed E-state index contributed by atoms with van der Waals surface area (Å²) in [6, 6.07) is 5.31. The Kier molecular flexibility index (Phi) is 7.29. The predicted octanol–water partition coefficient (Wildman–Crippen LogP) is 0.236. The number of nitrogens with one attached hydrogen (secondary N) is 1. The van der Waals surface area contributed by atoms with E-state index in [0.717, 1.165) is 0 Å². The SMILES string of the molecule is CCOc1cc(/C=N/NC(=O)c2nnn(-c3nonc3N)c2CN2CCOCC2)ccc1OC. The van der Waals surface area contributed by atoms with Gasteiger partial charge in [-0.2, -0.15) is 9.78 Å². The third-order valence-corrected chi connectivity index (χ3v) is 5.02. The molecule has 2 aromatic heterocycles. The van der Waals surface area contributed by atoms with E-state index >= 15 is 0 Å². The number of benzene rings is 1. The van der Waals surface area contributed by atoms with Crippen molar-refractivity contribution >= 4 is 17.9 Å². The summed E-state index contributed by atoms with van der Waals surface area (Å²) in [5, 5.41) is 19.5. The van der Waals surface area contributed by atoms with Gasteiger partial charge in [-0.1, -0.05) is 5.21 Å². The predicted molar refractivity (Wildman–Crippen MR) is 119 cm³/mol. The van der Waals surface area contributed by atoms with Crippen molar-refractivity contribution in [3.8, 4) is 17.3 Å². The van der Waals surface area contributed by atoms with Crippen molar-refractivity contribution < 1.29 is 23.6 Å². The van der Waals surface area contributed by atoms with E-state index in [9.17, 15) is 4.79 Å². The molecule has 0 unspecified atom stereocenters. The van der Waals surface area contributed by atoms with Crippen molar-refractivity contribution in [1.29, 1.82) is 0 Å². The van der Waals surface area contributed by atoms with E-state index < -0.39 is 5.91 Å². The molecule has 0 aliphatic carbocycles. The van der Waals surface area contributed by atoms with Gasteiger partial charge in [0, 0.05) is 19.6 Å². The minimum Gasteiger partial charge on any atom is -0.493 e. The lowest BCUT2D eigenvalue weighted by Gasteiger charge is -2.26. The third kappa shape index (κ3) is 5.13. The smallest absolute Gasteiger partial charge is 0.293 e. The Bertz CT molecular complexity index is 1150. The highest BCUT2D eigenvalue weighted by Crippen LogP contribution is 2.27. The van der Waals surface area contributed by atoms with Gasteiger partial charge in [-0.05, 0) is 41.0 Å². The fraction of sp³-hybridized carbons (Fsp3) is 0.400. The van der Waals surface area contributed by atoms with E-state index in [4.69, 9.17) is 19.9 Å². The Labute approximate surface area is 194 Å². The molecule has 1 aromatic carbocycles. The van der Waals surface area contributed by atoms with Crippen LogP contribution in [0.5, 0.6) is 11.5 Å². The van der Waals surface area contributed by atoms with Crippen LogP contribution in [-0.4, -0.2) is 82.3 Å². The van der Waals surface area contributed by atoms with Crippen LogP contribution in [0.4, 0.5) is 5.82 Å². The molecular formula is C20H25N9O5. The maximum atomic E-state index is 12.9. The molecule has 1 saturated heterocycles. The number of carbonyl (C=O) groups excluding carboxylic acids is 1. The molecule has 0 bridgehead atoms. The quantitative estimate of drug-likeness (QED) is 0.324. The van der Waals surface area contributed by atoms with Crippen molar-refractivity contribution in [3.63, 3.8) is 0 Å². The maximum Gasteiger partial charge on any atom is 0.293 e. The number of methoxy groups -OCH3 is 1. The lowest BCUT2D eigenvalue weighted by molar-refractivity contribution is 0.0332. The summed E-state index contributed by atoms with van der Waals surface area (Å²) in [5.41, 5.74) is 9.58. The number of hydrogen-bond acceptors (Lipinski definition) is 12. The summed E-state index contributed by atoms with van der Waals surface area (Å²) in [4.78, 5) is 15.0. The lowest BCUT2D eigenvalue weighted by Crippen LogP contribution is -2.37. The number of nitrogens with two attached hydrogens (primary N) is 1. The van der Waals surface area contributed by atoms with Crippen LogP contribution in [0.2, 0.25) is 0 Å². The summed E-state index contributed by atoms with van der Waals surface area (Å²) in [6.45, 7) is 5.30. The second-order valence-electron chi connectivity index (χ2n) is 7.20. The third-order valence-electron chi connectivity index (χ3n) is 5.02. The topological polar surface area (TPSA) is 168 Å². The molecule has 0 spiro atoms. The highest BCUT2D eigenvalue weighted by Gasteiger charge is 2.26. The van der Waals surface area contributed by atoms with Crippen LogP contribution in [0.15, 0.2) is 27.9 Å². The number of ether oxygens (including phenoxy) is 3. The maximum absolute atomic E-state index is 12.9. The molecule has 180 valence electrons. The van der Waals surface area contributed by atoms with E-state index in [1.807, 2.05) is 6.92 Å². The van der Waals surface area contributed by atoms with Gasteiger partial charge in [-0.15, -0.1) is 5.10 Å². The van der Waals surface area contributed by atoms with Crippen LogP contribution < -0.4 is 20.6 Å². The number of morpholine rings is 1. The van der Waals surface area contributed by atoms with Gasteiger partial charge in [0.25, 0.3) is 5.91 Å². The van der Waals surface area contributed by atoms with Gasteiger partial charge in [0.05, 0.1) is 38.8 Å². The van der Waals surface area contributed by atoms with Gasteiger partial charge in [-0.3, -0.25) is 9.69 Å². The minimum atomic E-state index is -0.542. The van der Waals surface area contributed by atoms with Crippen molar-refractivity contribution in [2.45, 2.75) is 13.5 Å². The van der Waals surface area contributed by atoms with Gasteiger partial charge in [-0.25, -0.2) is 10.1 Å². The standard InChI is InChI=1S/C20H25N9O5/c1-3-33-16-10-13(4-5-15(16)31-2)11-22-24-20(30)17-14(12-28-6-8-32-9-7-28)29(27-23-17)19-18(21)25-34-26-19/h4-5,10-11H,3,6-9,12H2,1-2H3,(H2,21,25)(H,24,30)/b22-11+. The summed E-state index contributed by atoms with van der Waals surface area (Å²) >= 11 is 0. The summed E-state index contributed by atoms with van der Waals surface area (Å²) in [7, 11) is 1.57. The Morgan fingerprint density at radius 1 is 1.29 bits per heavy atom.